The van der Waals surface area contributed by atoms with E-state index in [9.17, 15) is 22.0 Å². The zero-order valence-corrected chi connectivity index (χ0v) is 15.6. The highest BCUT2D eigenvalue weighted by Gasteiger charge is 2.35. The van der Waals surface area contributed by atoms with Gasteiger partial charge in [-0.15, -0.1) is 0 Å². The Balaban J connectivity index is 1.62. The molecule has 0 amide bonds. The number of amidine groups is 1. The predicted octanol–water partition coefficient (Wildman–Crippen LogP) is 4.06. The molecule has 1 aromatic carbocycles. The number of nitrogens with zero attached hydrogens (tertiary/aromatic N) is 2. The van der Waals surface area contributed by atoms with Gasteiger partial charge in [-0.3, -0.25) is 0 Å². The lowest BCUT2D eigenvalue weighted by atomic mass is 10.2. The molecule has 12 heteroatoms. The van der Waals surface area contributed by atoms with E-state index in [1.54, 1.807) is 0 Å². The minimum Gasteiger partial charge on any atom is -0.465 e. The average molecular weight is 442 g/mol. The fourth-order valence-electron chi connectivity index (χ4n) is 2.99. The summed E-state index contributed by atoms with van der Waals surface area (Å²) in [5.74, 6) is -3.75. The van der Waals surface area contributed by atoms with E-state index >= 15 is 0 Å². The zero-order valence-electron chi connectivity index (χ0n) is 15.6. The maximum Gasteiger partial charge on any atom is 0.418 e. The molecule has 7 nitrogen and oxygen atoms in total. The number of aliphatic imine (C=N–C) groups is 1. The third-order valence-electron chi connectivity index (χ3n) is 4.51. The molecule has 3 aromatic rings. The van der Waals surface area contributed by atoms with Gasteiger partial charge in [0.15, 0.2) is 17.4 Å². The summed E-state index contributed by atoms with van der Waals surface area (Å²) in [4.78, 5) is 10.2. The molecule has 4 rings (SSSR count). The van der Waals surface area contributed by atoms with Crippen LogP contribution in [0.15, 0.2) is 35.6 Å². The van der Waals surface area contributed by atoms with Gasteiger partial charge in [0.25, 0.3) is 6.02 Å². The first kappa shape index (κ1) is 20.8. The van der Waals surface area contributed by atoms with Crippen molar-refractivity contribution in [1.29, 1.82) is 0 Å². The van der Waals surface area contributed by atoms with Crippen molar-refractivity contribution in [3.8, 4) is 11.5 Å². The standard InChI is InChI=1S/C19H15F5N4O3/c20-12-3-10(28-18-27-5-9(7-29)8-30-18)4-13(21)16(12)31-14-1-2-25-17-15(14)11(6-26-17)19(22,23)24/h1-4,6,9,29H,5,7-8H2,(H,25,26)(H,27,28). The van der Waals surface area contributed by atoms with Crippen LogP contribution < -0.4 is 10.1 Å². The highest BCUT2D eigenvalue weighted by Crippen LogP contribution is 2.40. The lowest BCUT2D eigenvalue weighted by Gasteiger charge is -2.21. The van der Waals surface area contributed by atoms with Crippen molar-refractivity contribution in [2.45, 2.75) is 6.18 Å². The van der Waals surface area contributed by atoms with Crippen molar-refractivity contribution in [3.05, 3.63) is 47.8 Å². The molecule has 0 bridgehead atoms. The lowest BCUT2D eigenvalue weighted by molar-refractivity contribution is -0.136. The van der Waals surface area contributed by atoms with E-state index in [1.807, 2.05) is 0 Å². The summed E-state index contributed by atoms with van der Waals surface area (Å²) in [6.45, 7) is 0.359. The van der Waals surface area contributed by atoms with Gasteiger partial charge < -0.3 is 24.9 Å². The van der Waals surface area contributed by atoms with Crippen LogP contribution in [0, 0.1) is 17.6 Å². The first-order chi connectivity index (χ1) is 14.8. The molecule has 1 aliphatic rings. The summed E-state index contributed by atoms with van der Waals surface area (Å²) in [5, 5.41) is 11.2. The number of H-pyrrole nitrogens is 1. The van der Waals surface area contributed by atoms with Crippen LogP contribution in [0.25, 0.3) is 11.0 Å². The number of aromatic amines is 1. The van der Waals surface area contributed by atoms with Crippen molar-refractivity contribution in [3.63, 3.8) is 0 Å². The highest BCUT2D eigenvalue weighted by molar-refractivity contribution is 5.89. The van der Waals surface area contributed by atoms with E-state index < -0.39 is 40.3 Å². The lowest BCUT2D eigenvalue weighted by Crippen LogP contribution is -2.29. The molecule has 1 atom stereocenters. The van der Waals surface area contributed by atoms with E-state index in [2.05, 4.69) is 20.3 Å². The number of hydrogen-bond acceptors (Lipinski definition) is 6. The van der Waals surface area contributed by atoms with Gasteiger partial charge in [-0.25, -0.2) is 18.8 Å². The molecule has 1 unspecified atom stereocenters. The number of benzene rings is 1. The quantitative estimate of drug-likeness (QED) is 0.530. The predicted molar refractivity (Wildman–Crippen MR) is 100.0 cm³/mol. The second-order valence-electron chi connectivity index (χ2n) is 6.73. The van der Waals surface area contributed by atoms with Crippen molar-refractivity contribution >= 4 is 22.7 Å². The molecule has 0 saturated heterocycles. The minimum atomic E-state index is -4.72. The van der Waals surface area contributed by atoms with Crippen LogP contribution in [-0.2, 0) is 10.9 Å². The molecule has 0 aliphatic carbocycles. The van der Waals surface area contributed by atoms with Crippen molar-refractivity contribution in [1.82, 2.24) is 9.97 Å². The zero-order chi connectivity index (χ0) is 22.2. The van der Waals surface area contributed by atoms with Gasteiger partial charge in [0, 0.05) is 36.1 Å². The number of aliphatic hydroxyl groups is 1. The van der Waals surface area contributed by atoms with Crippen LogP contribution >= 0.6 is 0 Å². The molecule has 0 fully saturated rings. The summed E-state index contributed by atoms with van der Waals surface area (Å²) >= 11 is 0. The van der Waals surface area contributed by atoms with E-state index in [0.717, 1.165) is 24.4 Å². The maximum atomic E-state index is 14.6. The van der Waals surface area contributed by atoms with Gasteiger partial charge in [-0.2, -0.15) is 13.2 Å². The first-order valence-electron chi connectivity index (χ1n) is 9.01. The summed E-state index contributed by atoms with van der Waals surface area (Å²) in [5.41, 5.74) is -1.25. The average Bonchev–Trinajstić information content (AvgIpc) is 3.17. The molecule has 31 heavy (non-hydrogen) atoms. The van der Waals surface area contributed by atoms with Crippen LogP contribution in [0.1, 0.15) is 5.56 Å². The van der Waals surface area contributed by atoms with Gasteiger partial charge in [-0.1, -0.05) is 0 Å². The number of pyridine rings is 1. The topological polar surface area (TPSA) is 91.8 Å². The molecular formula is C19H15F5N4O3. The summed E-state index contributed by atoms with van der Waals surface area (Å²) in [6.07, 6.45) is -2.87. The number of halogens is 5. The third-order valence-corrected chi connectivity index (χ3v) is 4.51. The second-order valence-corrected chi connectivity index (χ2v) is 6.73. The fourth-order valence-corrected chi connectivity index (χ4v) is 2.99. The molecule has 1 aliphatic heterocycles. The number of ether oxygens (including phenoxy) is 2. The van der Waals surface area contributed by atoms with E-state index in [4.69, 9.17) is 14.6 Å². The van der Waals surface area contributed by atoms with Gasteiger partial charge in [0.1, 0.15) is 11.4 Å². The SMILES string of the molecule is OCC1CN=C(Nc2cc(F)c(Oc3ccnc4[nH]cc(C(F)(F)F)c34)c(F)c2)OC1. The highest BCUT2D eigenvalue weighted by atomic mass is 19.4. The Morgan fingerprint density at radius 3 is 2.61 bits per heavy atom. The fraction of sp³-hybridized carbons (Fsp3) is 0.263. The van der Waals surface area contributed by atoms with Crippen LogP contribution in [-0.4, -0.2) is 40.9 Å². The monoisotopic (exact) mass is 442 g/mol. The van der Waals surface area contributed by atoms with Crippen LogP contribution in [0.4, 0.5) is 27.6 Å². The van der Waals surface area contributed by atoms with E-state index in [-0.39, 0.29) is 43.0 Å². The Kier molecular flexibility index (Phi) is 5.39. The number of nitrogens with one attached hydrogen (secondary N) is 2. The molecule has 0 saturated carbocycles. The molecule has 2 aromatic heterocycles. The molecule has 0 spiro atoms. The number of anilines is 1. The van der Waals surface area contributed by atoms with E-state index in [0.29, 0.717) is 6.20 Å². The van der Waals surface area contributed by atoms with Crippen LogP contribution in [0.2, 0.25) is 0 Å². The Bertz CT molecular complexity index is 1120. The summed E-state index contributed by atoms with van der Waals surface area (Å²) in [7, 11) is 0. The number of hydrogen-bond donors (Lipinski definition) is 3. The van der Waals surface area contributed by atoms with Gasteiger partial charge in [-0.05, 0) is 6.07 Å². The number of alkyl halides is 3. The van der Waals surface area contributed by atoms with Gasteiger partial charge in [0.2, 0.25) is 0 Å². The third kappa shape index (κ3) is 4.24. The Morgan fingerprint density at radius 2 is 2.00 bits per heavy atom. The molecule has 3 heterocycles. The normalized spacial score (nSPS) is 16.7. The van der Waals surface area contributed by atoms with Gasteiger partial charge >= 0.3 is 6.18 Å². The second kappa shape index (κ2) is 8.02. The van der Waals surface area contributed by atoms with Crippen molar-refractivity contribution in [2.75, 3.05) is 25.1 Å². The molecule has 3 N–H and O–H groups in total. The van der Waals surface area contributed by atoms with Crippen molar-refractivity contribution in [2.24, 2.45) is 10.9 Å². The number of fused-ring (bicyclic) bond motifs is 1. The van der Waals surface area contributed by atoms with E-state index in [1.165, 1.54) is 0 Å². The Labute approximate surface area is 171 Å². The Morgan fingerprint density at radius 1 is 1.26 bits per heavy atom. The molecule has 0 radical (unpaired) electrons. The molecular weight excluding hydrogens is 427 g/mol. The number of rotatable bonds is 4. The summed E-state index contributed by atoms with van der Waals surface area (Å²) < 4.78 is 79.3. The first-order valence-corrected chi connectivity index (χ1v) is 9.01. The van der Waals surface area contributed by atoms with Crippen LogP contribution in [0.3, 0.4) is 0 Å². The molecule has 164 valence electrons. The number of aliphatic hydroxyl groups excluding tert-OH is 1. The smallest absolute Gasteiger partial charge is 0.418 e. The maximum absolute atomic E-state index is 14.6. The minimum absolute atomic E-state index is 0.0233. The number of aromatic nitrogens is 2. The Hall–Kier alpha value is -3.41. The van der Waals surface area contributed by atoms with Gasteiger partial charge in [0.05, 0.1) is 30.7 Å². The largest absolute Gasteiger partial charge is 0.465 e. The summed E-state index contributed by atoms with van der Waals surface area (Å²) in [6, 6.07) is 2.89. The van der Waals surface area contributed by atoms with Crippen molar-refractivity contribution < 1.29 is 36.5 Å². The van der Waals surface area contributed by atoms with Crippen LogP contribution in [0.5, 0.6) is 11.5 Å².